The molecule has 0 aliphatic heterocycles. The van der Waals surface area contributed by atoms with E-state index in [2.05, 4.69) is 0 Å². The number of allylic oxidation sites excluding steroid dienone is 8. The van der Waals surface area contributed by atoms with E-state index in [1.807, 2.05) is 44.6 Å². The molecule has 13 aliphatic rings. The summed E-state index contributed by atoms with van der Waals surface area (Å²) in [5.74, 6) is 7.88. The summed E-state index contributed by atoms with van der Waals surface area (Å²) in [4.78, 5) is 0. The Labute approximate surface area is 143 Å². The van der Waals surface area contributed by atoms with Crippen molar-refractivity contribution in [2.45, 2.75) is 51.4 Å². The van der Waals surface area contributed by atoms with Crippen LogP contribution in [0.15, 0.2) is 44.6 Å². The minimum absolute atomic E-state index is 0.986. The van der Waals surface area contributed by atoms with Crippen molar-refractivity contribution in [1.82, 2.24) is 0 Å². The SMILES string of the molecule is C1C2CC1/C1=C3/C(=C4\C(=C5C(=C12)C1CC\5C1)C1CC4C1)C1CC3C1. The fourth-order valence-corrected chi connectivity index (χ4v) is 9.04. The monoisotopic (exact) mass is 312 g/mol. The van der Waals surface area contributed by atoms with Crippen molar-refractivity contribution in [3.63, 3.8) is 0 Å². The van der Waals surface area contributed by atoms with Gasteiger partial charge in [0, 0.05) is 0 Å². The zero-order valence-corrected chi connectivity index (χ0v) is 14.3. The molecule has 0 radical (unpaired) electrons. The third-order valence-electron chi connectivity index (χ3n) is 10.1. The van der Waals surface area contributed by atoms with Gasteiger partial charge < -0.3 is 0 Å². The van der Waals surface area contributed by atoms with E-state index in [0.29, 0.717) is 0 Å². The highest BCUT2D eigenvalue weighted by Gasteiger charge is 2.61. The van der Waals surface area contributed by atoms with E-state index in [0.717, 1.165) is 47.3 Å². The van der Waals surface area contributed by atoms with Crippen molar-refractivity contribution >= 4 is 0 Å². The Morgan fingerprint density at radius 1 is 0.250 bits per heavy atom. The number of hydrogen-bond donors (Lipinski definition) is 0. The fourth-order valence-electron chi connectivity index (χ4n) is 9.04. The van der Waals surface area contributed by atoms with Gasteiger partial charge in [-0.15, -0.1) is 0 Å². The van der Waals surface area contributed by atoms with E-state index < -0.39 is 0 Å². The van der Waals surface area contributed by atoms with E-state index in [9.17, 15) is 0 Å². The Morgan fingerprint density at radius 3 is 0.500 bits per heavy atom. The molecular weight excluding hydrogens is 288 g/mol. The molecule has 0 amide bonds. The molecule has 0 spiro atoms. The maximum Gasteiger partial charge on any atom is -0.0144 e. The fraction of sp³-hybridized carbons (Fsp3) is 0.667. The van der Waals surface area contributed by atoms with Gasteiger partial charge in [-0.3, -0.25) is 0 Å². The lowest BCUT2D eigenvalue weighted by Gasteiger charge is -2.24. The van der Waals surface area contributed by atoms with Gasteiger partial charge in [0.1, 0.15) is 0 Å². The van der Waals surface area contributed by atoms with Gasteiger partial charge >= 0.3 is 0 Å². The molecule has 0 saturated heterocycles. The molecular formula is C24H24. The highest BCUT2D eigenvalue weighted by Crippen LogP contribution is 2.74. The summed E-state index contributed by atoms with van der Waals surface area (Å²) in [6, 6.07) is 0. The zero-order chi connectivity index (χ0) is 14.9. The quantitative estimate of drug-likeness (QED) is 0.566. The maximum atomic E-state index is 1.98. The van der Waals surface area contributed by atoms with Crippen LogP contribution in [0.3, 0.4) is 0 Å². The molecule has 0 heterocycles. The second-order valence-electron chi connectivity index (χ2n) is 10.8. The summed E-state index contributed by atoms with van der Waals surface area (Å²) in [7, 11) is 0. The molecule has 12 saturated carbocycles. The van der Waals surface area contributed by atoms with E-state index in [1.54, 1.807) is 0 Å². The summed E-state index contributed by atoms with van der Waals surface area (Å²) in [5, 5.41) is 0. The Hall–Kier alpha value is -1.04. The molecule has 0 N–H and O–H groups in total. The third-order valence-corrected chi connectivity index (χ3v) is 10.1. The van der Waals surface area contributed by atoms with Crippen LogP contribution in [0.4, 0.5) is 0 Å². The lowest BCUT2D eigenvalue weighted by molar-refractivity contribution is 0.318. The molecule has 13 rings (SSSR count). The lowest BCUT2D eigenvalue weighted by atomic mass is 9.80. The lowest BCUT2D eigenvalue weighted by Crippen LogP contribution is -2.14. The van der Waals surface area contributed by atoms with Crippen LogP contribution < -0.4 is 0 Å². The third kappa shape index (κ3) is 0.926. The van der Waals surface area contributed by atoms with Crippen molar-refractivity contribution in [3.8, 4) is 0 Å². The van der Waals surface area contributed by atoms with Gasteiger partial charge in [-0.25, -0.2) is 0 Å². The van der Waals surface area contributed by atoms with Crippen molar-refractivity contribution < 1.29 is 0 Å². The molecule has 13 aliphatic carbocycles. The van der Waals surface area contributed by atoms with Gasteiger partial charge in [-0.2, -0.15) is 0 Å². The van der Waals surface area contributed by atoms with Crippen LogP contribution >= 0.6 is 0 Å². The van der Waals surface area contributed by atoms with Crippen LogP contribution in [-0.2, 0) is 0 Å². The predicted molar refractivity (Wildman–Crippen MR) is 93.0 cm³/mol. The van der Waals surface area contributed by atoms with E-state index >= 15 is 0 Å². The van der Waals surface area contributed by atoms with Crippen LogP contribution in [0.25, 0.3) is 0 Å². The van der Waals surface area contributed by atoms with E-state index in [1.165, 1.54) is 51.4 Å². The Balaban J connectivity index is 1.51. The topological polar surface area (TPSA) is 0 Å². The summed E-state index contributed by atoms with van der Waals surface area (Å²) in [6.07, 6.45) is 12.3. The van der Waals surface area contributed by atoms with Crippen LogP contribution in [-0.4, -0.2) is 0 Å². The van der Waals surface area contributed by atoms with Gasteiger partial charge in [0.05, 0.1) is 0 Å². The number of rotatable bonds is 0. The van der Waals surface area contributed by atoms with Crippen molar-refractivity contribution in [2.75, 3.05) is 0 Å². The van der Waals surface area contributed by atoms with Crippen LogP contribution in [0.5, 0.6) is 0 Å². The first-order valence-electron chi connectivity index (χ1n) is 10.8. The van der Waals surface area contributed by atoms with Gasteiger partial charge in [-0.1, -0.05) is 0 Å². The molecule has 0 nitrogen and oxygen atoms in total. The van der Waals surface area contributed by atoms with Gasteiger partial charge in [-0.05, 0) is 143 Å². The number of hydrogen-bond acceptors (Lipinski definition) is 0. The zero-order valence-electron chi connectivity index (χ0n) is 14.3. The molecule has 0 aromatic heterocycles. The average Bonchev–Trinajstić information content (AvgIpc) is 3.18. The Bertz CT molecular complexity index is 656. The van der Waals surface area contributed by atoms with Crippen molar-refractivity contribution in [1.29, 1.82) is 0 Å². The second-order valence-corrected chi connectivity index (χ2v) is 10.8. The van der Waals surface area contributed by atoms with Crippen LogP contribution in [0.2, 0.25) is 0 Å². The summed E-state index contributed by atoms with van der Waals surface area (Å²) in [6.45, 7) is 0. The van der Waals surface area contributed by atoms with Crippen molar-refractivity contribution in [2.24, 2.45) is 47.3 Å². The molecule has 0 unspecified atom stereocenters. The molecule has 0 aromatic rings. The smallest absolute Gasteiger partial charge is 0.0144 e. The van der Waals surface area contributed by atoms with Gasteiger partial charge in [0.15, 0.2) is 0 Å². The minimum Gasteiger partial charge on any atom is -0.0394 e. The highest BCUT2D eigenvalue weighted by molar-refractivity contribution is 5.73. The first-order chi connectivity index (χ1) is 11.9. The Kier molecular flexibility index (Phi) is 1.54. The van der Waals surface area contributed by atoms with Gasteiger partial charge in [0.2, 0.25) is 0 Å². The maximum absolute atomic E-state index is 1.98. The van der Waals surface area contributed by atoms with E-state index in [4.69, 9.17) is 0 Å². The summed E-state index contributed by atoms with van der Waals surface area (Å²) < 4.78 is 0. The predicted octanol–water partition coefficient (Wildman–Crippen LogP) is 5.35. The largest absolute Gasteiger partial charge is 0.0394 e. The van der Waals surface area contributed by atoms with Crippen LogP contribution in [0.1, 0.15) is 51.4 Å². The van der Waals surface area contributed by atoms with E-state index in [-0.39, 0.29) is 0 Å². The molecule has 12 fully saturated rings. The minimum atomic E-state index is 0.986. The van der Waals surface area contributed by atoms with Crippen LogP contribution in [0, 0.1) is 47.3 Å². The second kappa shape index (κ2) is 3.19. The summed E-state index contributed by atoms with van der Waals surface area (Å²) in [5.41, 5.74) is 15.9. The van der Waals surface area contributed by atoms with Gasteiger partial charge in [0.25, 0.3) is 0 Å². The highest BCUT2D eigenvalue weighted by atomic mass is 14.7. The molecule has 0 heteroatoms. The van der Waals surface area contributed by atoms with Crippen molar-refractivity contribution in [3.05, 3.63) is 44.6 Å². The first-order valence-corrected chi connectivity index (χ1v) is 10.8. The molecule has 24 heavy (non-hydrogen) atoms. The standard InChI is InChI=1S/C24H24/c1-9-2-10(1)18-17(9)19-11-3-13(4-11)21(19)23-15-7-16(8-15)24(23)22-14-5-12(6-14)20(18)22/h9-16H,1-8H2/b19-17-,20-18-,23-21+,24-22?. The Morgan fingerprint density at radius 2 is 0.375 bits per heavy atom. The molecule has 0 aromatic carbocycles. The normalized spacial score (nSPS) is 65.0. The summed E-state index contributed by atoms with van der Waals surface area (Å²) >= 11 is 0. The first kappa shape index (κ1) is 11.6. The average molecular weight is 312 g/mol. The molecule has 0 atom stereocenters. The molecule has 120 valence electrons. The molecule has 8 bridgehead atoms.